The van der Waals surface area contributed by atoms with Crippen molar-refractivity contribution in [2.75, 3.05) is 0 Å². The first-order chi connectivity index (χ1) is 4.72. The van der Waals surface area contributed by atoms with E-state index >= 15 is 0 Å². The van der Waals surface area contributed by atoms with Crippen LogP contribution < -0.4 is 0 Å². The van der Waals surface area contributed by atoms with E-state index in [0.717, 1.165) is 16.8 Å². The van der Waals surface area contributed by atoms with E-state index in [4.69, 9.17) is 0 Å². The summed E-state index contributed by atoms with van der Waals surface area (Å²) in [6.07, 6.45) is 1.79. The van der Waals surface area contributed by atoms with E-state index in [2.05, 4.69) is 11.6 Å². The highest BCUT2D eigenvalue weighted by molar-refractivity contribution is 5.62. The Hall–Kier alpha value is -1.11. The van der Waals surface area contributed by atoms with Crippen LogP contribution in [0.2, 0.25) is 0 Å². The van der Waals surface area contributed by atoms with Crippen LogP contribution in [0, 0.1) is 6.92 Å². The van der Waals surface area contributed by atoms with Gasteiger partial charge in [0, 0.05) is 11.9 Å². The quantitative estimate of drug-likeness (QED) is 0.573. The highest BCUT2D eigenvalue weighted by Crippen LogP contribution is 2.12. The lowest BCUT2D eigenvalue weighted by Crippen LogP contribution is -1.86. The van der Waals surface area contributed by atoms with Crippen molar-refractivity contribution < 1.29 is 0 Å². The smallest absolute Gasteiger partial charge is 0.0447 e. The van der Waals surface area contributed by atoms with E-state index in [0.29, 0.717) is 0 Å². The second kappa shape index (κ2) is 2.65. The third-order valence-corrected chi connectivity index (χ3v) is 1.47. The molecule has 0 bridgehead atoms. The summed E-state index contributed by atoms with van der Waals surface area (Å²) in [5.41, 5.74) is 3.28. The Labute approximate surface area is 61.4 Å². The van der Waals surface area contributed by atoms with Gasteiger partial charge in [-0.25, -0.2) is 0 Å². The predicted molar refractivity (Wildman–Crippen MR) is 43.7 cm³/mol. The average molecular weight is 133 g/mol. The molecule has 0 unspecified atom stereocenters. The van der Waals surface area contributed by atoms with Gasteiger partial charge in [0.25, 0.3) is 0 Å². The van der Waals surface area contributed by atoms with E-state index in [1.54, 1.807) is 6.20 Å². The monoisotopic (exact) mass is 133 g/mol. The Bertz CT molecular complexity index is 251. The van der Waals surface area contributed by atoms with Crippen molar-refractivity contribution in [2.24, 2.45) is 0 Å². The van der Waals surface area contributed by atoms with Crippen molar-refractivity contribution in [1.29, 1.82) is 0 Å². The Morgan fingerprint density at radius 2 is 2.30 bits per heavy atom. The van der Waals surface area contributed by atoms with Gasteiger partial charge in [0.15, 0.2) is 0 Å². The minimum Gasteiger partial charge on any atom is -0.261 e. The zero-order valence-electron chi connectivity index (χ0n) is 6.39. The van der Waals surface area contributed by atoms with Gasteiger partial charge >= 0.3 is 0 Å². The van der Waals surface area contributed by atoms with Crippen molar-refractivity contribution in [3.63, 3.8) is 0 Å². The van der Waals surface area contributed by atoms with Crippen molar-refractivity contribution in [1.82, 2.24) is 4.98 Å². The van der Waals surface area contributed by atoms with Gasteiger partial charge in [0.1, 0.15) is 0 Å². The van der Waals surface area contributed by atoms with Crippen molar-refractivity contribution in [2.45, 2.75) is 13.8 Å². The first kappa shape index (κ1) is 7.00. The van der Waals surface area contributed by atoms with E-state index in [1.807, 2.05) is 26.0 Å². The molecular formula is C9H11N. The molecule has 0 spiro atoms. The summed E-state index contributed by atoms with van der Waals surface area (Å²) < 4.78 is 0. The highest BCUT2D eigenvalue weighted by Gasteiger charge is 1.95. The summed E-state index contributed by atoms with van der Waals surface area (Å²) in [5, 5.41) is 0. The van der Waals surface area contributed by atoms with Gasteiger partial charge < -0.3 is 0 Å². The number of aromatic nitrogens is 1. The fourth-order valence-corrected chi connectivity index (χ4v) is 0.935. The van der Waals surface area contributed by atoms with E-state index in [9.17, 15) is 0 Å². The molecule has 1 aromatic rings. The molecular weight excluding hydrogens is 122 g/mol. The molecule has 0 radical (unpaired) electrons. The number of allylic oxidation sites excluding steroid dienone is 1. The van der Waals surface area contributed by atoms with E-state index in [1.165, 1.54) is 0 Å². The molecule has 0 saturated carbocycles. The number of rotatable bonds is 1. The van der Waals surface area contributed by atoms with E-state index < -0.39 is 0 Å². The SMILES string of the molecule is C=C(C)c1cccnc1C. The molecule has 52 valence electrons. The zero-order valence-corrected chi connectivity index (χ0v) is 6.39. The molecule has 0 atom stereocenters. The van der Waals surface area contributed by atoms with Gasteiger partial charge in [-0.05, 0) is 31.1 Å². The van der Waals surface area contributed by atoms with Gasteiger partial charge in [-0.3, -0.25) is 4.98 Å². The Morgan fingerprint density at radius 1 is 1.60 bits per heavy atom. The molecule has 10 heavy (non-hydrogen) atoms. The molecule has 1 heteroatoms. The fourth-order valence-electron chi connectivity index (χ4n) is 0.935. The van der Waals surface area contributed by atoms with Crippen LogP contribution in [-0.2, 0) is 0 Å². The summed E-state index contributed by atoms with van der Waals surface area (Å²) in [5.74, 6) is 0. The lowest BCUT2D eigenvalue weighted by atomic mass is 10.1. The molecule has 1 heterocycles. The summed E-state index contributed by atoms with van der Waals surface area (Å²) in [6.45, 7) is 7.83. The normalized spacial score (nSPS) is 9.40. The van der Waals surface area contributed by atoms with Crippen LogP contribution >= 0.6 is 0 Å². The van der Waals surface area contributed by atoms with Crippen LogP contribution in [0.3, 0.4) is 0 Å². The summed E-state index contributed by atoms with van der Waals surface area (Å²) in [7, 11) is 0. The Balaban J connectivity index is 3.15. The summed E-state index contributed by atoms with van der Waals surface area (Å²) >= 11 is 0. The maximum absolute atomic E-state index is 4.14. The molecule has 1 aromatic heterocycles. The maximum atomic E-state index is 4.14. The van der Waals surface area contributed by atoms with Crippen LogP contribution in [-0.4, -0.2) is 4.98 Å². The van der Waals surface area contributed by atoms with Gasteiger partial charge in [-0.1, -0.05) is 12.6 Å². The number of pyridine rings is 1. The summed E-state index contributed by atoms with van der Waals surface area (Å²) in [4.78, 5) is 4.14. The van der Waals surface area contributed by atoms with Gasteiger partial charge in [-0.2, -0.15) is 0 Å². The van der Waals surface area contributed by atoms with Gasteiger partial charge in [0.2, 0.25) is 0 Å². The van der Waals surface area contributed by atoms with Crippen molar-refractivity contribution in [3.8, 4) is 0 Å². The largest absolute Gasteiger partial charge is 0.261 e. The molecule has 0 fully saturated rings. The van der Waals surface area contributed by atoms with E-state index in [-0.39, 0.29) is 0 Å². The van der Waals surface area contributed by atoms with Crippen LogP contribution in [0.4, 0.5) is 0 Å². The average Bonchev–Trinajstić information content (AvgIpc) is 1.88. The number of nitrogens with zero attached hydrogens (tertiary/aromatic N) is 1. The molecule has 0 aliphatic carbocycles. The lowest BCUT2D eigenvalue weighted by molar-refractivity contribution is 1.18. The second-order valence-corrected chi connectivity index (χ2v) is 2.42. The Morgan fingerprint density at radius 3 is 2.70 bits per heavy atom. The topological polar surface area (TPSA) is 12.9 Å². The van der Waals surface area contributed by atoms with Crippen LogP contribution in [0.15, 0.2) is 24.9 Å². The molecule has 0 amide bonds. The molecule has 0 N–H and O–H groups in total. The predicted octanol–water partition coefficient (Wildman–Crippen LogP) is 2.42. The molecule has 1 nitrogen and oxygen atoms in total. The first-order valence-corrected chi connectivity index (χ1v) is 3.29. The minimum absolute atomic E-state index is 1.05. The maximum Gasteiger partial charge on any atom is 0.0447 e. The fraction of sp³-hybridized carbons (Fsp3) is 0.222. The first-order valence-electron chi connectivity index (χ1n) is 3.29. The number of aryl methyl sites for hydroxylation is 1. The van der Waals surface area contributed by atoms with Crippen molar-refractivity contribution >= 4 is 5.57 Å². The Kier molecular flexibility index (Phi) is 1.86. The number of hydrogen-bond donors (Lipinski definition) is 0. The lowest BCUT2D eigenvalue weighted by Gasteiger charge is -2.00. The standard InChI is InChI=1S/C9H11N/c1-7(2)9-5-4-6-10-8(9)3/h4-6H,1H2,2-3H3. The van der Waals surface area contributed by atoms with Crippen LogP contribution in [0.1, 0.15) is 18.2 Å². The third kappa shape index (κ3) is 1.24. The van der Waals surface area contributed by atoms with Gasteiger partial charge in [-0.15, -0.1) is 0 Å². The molecule has 0 aliphatic heterocycles. The molecule has 0 saturated heterocycles. The molecule has 0 aliphatic rings. The van der Waals surface area contributed by atoms with Crippen LogP contribution in [0.25, 0.3) is 5.57 Å². The highest BCUT2D eigenvalue weighted by atomic mass is 14.7. The zero-order chi connectivity index (χ0) is 7.56. The second-order valence-electron chi connectivity index (χ2n) is 2.42. The summed E-state index contributed by atoms with van der Waals surface area (Å²) in [6, 6.07) is 3.96. The number of hydrogen-bond acceptors (Lipinski definition) is 1. The minimum atomic E-state index is 1.05. The third-order valence-electron chi connectivity index (χ3n) is 1.47. The molecule has 1 rings (SSSR count). The van der Waals surface area contributed by atoms with Gasteiger partial charge in [0.05, 0.1) is 0 Å². The van der Waals surface area contributed by atoms with Crippen molar-refractivity contribution in [3.05, 3.63) is 36.2 Å². The van der Waals surface area contributed by atoms with Crippen LogP contribution in [0.5, 0.6) is 0 Å². The molecule has 0 aromatic carbocycles.